The van der Waals surface area contributed by atoms with Crippen LogP contribution in [0.1, 0.15) is 17.3 Å². The van der Waals surface area contributed by atoms with E-state index in [0.29, 0.717) is 17.8 Å². The molecular formula is C14H16N2O4. The minimum Gasteiger partial charge on any atom is -0.466 e. The van der Waals surface area contributed by atoms with E-state index >= 15 is 0 Å². The van der Waals surface area contributed by atoms with Crippen LogP contribution in [0.3, 0.4) is 0 Å². The molecule has 0 aliphatic heterocycles. The van der Waals surface area contributed by atoms with Crippen molar-refractivity contribution >= 4 is 23.5 Å². The minimum atomic E-state index is -0.628. The van der Waals surface area contributed by atoms with Crippen molar-refractivity contribution in [1.29, 1.82) is 0 Å². The molecule has 1 aromatic carbocycles. The van der Waals surface area contributed by atoms with Crippen molar-refractivity contribution in [1.82, 2.24) is 5.32 Å². The van der Waals surface area contributed by atoms with Crippen LogP contribution >= 0.6 is 0 Å². The lowest BCUT2D eigenvalue weighted by Crippen LogP contribution is -2.24. The number of para-hydroxylation sites is 1. The number of hydrogen-bond donors (Lipinski definition) is 2. The van der Waals surface area contributed by atoms with Crippen LogP contribution in [0, 0.1) is 0 Å². The zero-order chi connectivity index (χ0) is 15.0. The number of carbonyl (C=O) groups excluding carboxylic acids is 3. The van der Waals surface area contributed by atoms with Gasteiger partial charge in [0.1, 0.15) is 0 Å². The third-order valence-corrected chi connectivity index (χ3v) is 2.34. The predicted octanol–water partition coefficient (Wildman–Crippen LogP) is 1.10. The average Bonchev–Trinajstić information content (AvgIpc) is 2.45. The number of ether oxygens (including phenoxy) is 1. The smallest absolute Gasteiger partial charge is 0.330 e. The topological polar surface area (TPSA) is 84.5 Å². The molecule has 0 spiro atoms. The maximum Gasteiger partial charge on any atom is 0.330 e. The highest BCUT2D eigenvalue weighted by Crippen LogP contribution is 2.14. The van der Waals surface area contributed by atoms with E-state index in [-0.39, 0.29) is 5.91 Å². The number of rotatable bonds is 5. The molecule has 0 saturated heterocycles. The Morgan fingerprint density at radius 2 is 1.90 bits per heavy atom. The van der Waals surface area contributed by atoms with E-state index in [9.17, 15) is 14.4 Å². The molecule has 6 nitrogen and oxygen atoms in total. The van der Waals surface area contributed by atoms with Crippen LogP contribution < -0.4 is 10.6 Å². The molecule has 0 aliphatic rings. The summed E-state index contributed by atoms with van der Waals surface area (Å²) in [5, 5.41) is 5.19. The van der Waals surface area contributed by atoms with Gasteiger partial charge in [-0.2, -0.15) is 0 Å². The number of carbonyl (C=O) groups is 3. The number of benzene rings is 1. The van der Waals surface area contributed by atoms with Gasteiger partial charge in [-0.3, -0.25) is 9.59 Å². The van der Waals surface area contributed by atoms with Crippen molar-refractivity contribution in [3.05, 3.63) is 42.0 Å². The van der Waals surface area contributed by atoms with Gasteiger partial charge < -0.3 is 15.4 Å². The molecule has 0 aromatic heterocycles. The first-order valence-corrected chi connectivity index (χ1v) is 6.02. The second kappa shape index (κ2) is 7.73. The molecule has 0 unspecified atom stereocenters. The molecule has 0 atom stereocenters. The highest BCUT2D eigenvalue weighted by atomic mass is 16.5. The van der Waals surface area contributed by atoms with Gasteiger partial charge in [-0.25, -0.2) is 4.79 Å². The Balaban J connectivity index is 2.82. The Morgan fingerprint density at radius 3 is 2.55 bits per heavy atom. The van der Waals surface area contributed by atoms with E-state index in [1.807, 2.05) is 0 Å². The van der Waals surface area contributed by atoms with Crippen molar-refractivity contribution in [2.24, 2.45) is 0 Å². The van der Waals surface area contributed by atoms with Crippen molar-refractivity contribution < 1.29 is 19.1 Å². The zero-order valence-corrected chi connectivity index (χ0v) is 11.3. The Kier molecular flexibility index (Phi) is 5.96. The average molecular weight is 276 g/mol. The number of anilines is 1. The fourth-order valence-corrected chi connectivity index (χ4v) is 1.43. The van der Waals surface area contributed by atoms with Crippen LogP contribution in [0.2, 0.25) is 0 Å². The van der Waals surface area contributed by atoms with Crippen LogP contribution in [0.15, 0.2) is 36.4 Å². The summed E-state index contributed by atoms with van der Waals surface area (Å²) in [6.07, 6.45) is 2.05. The third kappa shape index (κ3) is 4.56. The predicted molar refractivity (Wildman–Crippen MR) is 74.2 cm³/mol. The standard InChI is InChI=1S/C14H16N2O4/c1-3-15-14(19)10-6-4-5-7-11(10)16-12(17)8-9-13(18)20-2/h4-9H,3H2,1-2H3,(H,15,19)(H,16,17)/b9-8-. The van der Waals surface area contributed by atoms with E-state index in [2.05, 4.69) is 15.4 Å². The summed E-state index contributed by atoms with van der Waals surface area (Å²) in [5.41, 5.74) is 0.729. The molecule has 0 bridgehead atoms. The number of esters is 1. The van der Waals surface area contributed by atoms with Gasteiger partial charge in [0.2, 0.25) is 5.91 Å². The lowest BCUT2D eigenvalue weighted by Gasteiger charge is -2.09. The van der Waals surface area contributed by atoms with E-state index < -0.39 is 11.9 Å². The van der Waals surface area contributed by atoms with E-state index in [4.69, 9.17) is 0 Å². The lowest BCUT2D eigenvalue weighted by atomic mass is 10.1. The Hall–Kier alpha value is -2.63. The van der Waals surface area contributed by atoms with Crippen LogP contribution in [0.25, 0.3) is 0 Å². The molecular weight excluding hydrogens is 260 g/mol. The second-order valence-electron chi connectivity index (χ2n) is 3.75. The monoisotopic (exact) mass is 276 g/mol. The maximum absolute atomic E-state index is 11.8. The molecule has 0 fully saturated rings. The molecule has 106 valence electrons. The molecule has 0 saturated carbocycles. The Bertz CT molecular complexity index is 538. The van der Waals surface area contributed by atoms with Crippen LogP contribution in [0.5, 0.6) is 0 Å². The summed E-state index contributed by atoms with van der Waals surface area (Å²) in [4.78, 5) is 34.3. The molecule has 0 radical (unpaired) electrons. The molecule has 6 heteroatoms. The van der Waals surface area contributed by atoms with Gasteiger partial charge in [0.05, 0.1) is 18.4 Å². The summed E-state index contributed by atoms with van der Waals surface area (Å²) >= 11 is 0. The number of nitrogens with one attached hydrogen (secondary N) is 2. The van der Waals surface area contributed by atoms with Gasteiger partial charge >= 0.3 is 5.97 Å². The lowest BCUT2D eigenvalue weighted by molar-refractivity contribution is -0.135. The molecule has 2 N–H and O–H groups in total. The molecule has 20 heavy (non-hydrogen) atoms. The van der Waals surface area contributed by atoms with Crippen LogP contribution in [-0.2, 0) is 14.3 Å². The first-order chi connectivity index (χ1) is 9.58. The molecule has 1 aromatic rings. The van der Waals surface area contributed by atoms with E-state index in [0.717, 1.165) is 12.2 Å². The van der Waals surface area contributed by atoms with Gasteiger partial charge in [0.25, 0.3) is 5.91 Å². The molecule has 0 aliphatic carbocycles. The Morgan fingerprint density at radius 1 is 1.20 bits per heavy atom. The van der Waals surface area contributed by atoms with E-state index in [1.54, 1.807) is 31.2 Å². The van der Waals surface area contributed by atoms with Crippen LogP contribution in [-0.4, -0.2) is 31.4 Å². The summed E-state index contributed by atoms with van der Waals surface area (Å²) in [7, 11) is 1.22. The van der Waals surface area contributed by atoms with E-state index in [1.165, 1.54) is 7.11 Å². The molecule has 2 amide bonds. The van der Waals surface area contributed by atoms with Crippen LogP contribution in [0.4, 0.5) is 5.69 Å². The first-order valence-electron chi connectivity index (χ1n) is 6.02. The summed E-state index contributed by atoms with van der Waals surface area (Å²) < 4.78 is 4.37. The van der Waals surface area contributed by atoms with Crippen molar-refractivity contribution in [2.45, 2.75) is 6.92 Å². The number of amides is 2. The third-order valence-electron chi connectivity index (χ3n) is 2.34. The fourth-order valence-electron chi connectivity index (χ4n) is 1.43. The number of hydrogen-bond acceptors (Lipinski definition) is 4. The maximum atomic E-state index is 11.8. The molecule has 1 rings (SSSR count). The highest BCUT2D eigenvalue weighted by molar-refractivity contribution is 6.07. The highest BCUT2D eigenvalue weighted by Gasteiger charge is 2.11. The molecule has 0 heterocycles. The quantitative estimate of drug-likeness (QED) is 0.623. The van der Waals surface area contributed by atoms with Crippen molar-refractivity contribution in [2.75, 3.05) is 19.0 Å². The van der Waals surface area contributed by atoms with Gasteiger partial charge in [-0.1, -0.05) is 12.1 Å². The summed E-state index contributed by atoms with van der Waals surface area (Å²) in [5.74, 6) is -1.43. The normalized spacial score (nSPS) is 10.1. The van der Waals surface area contributed by atoms with Crippen molar-refractivity contribution in [3.8, 4) is 0 Å². The van der Waals surface area contributed by atoms with Gasteiger partial charge in [0.15, 0.2) is 0 Å². The van der Waals surface area contributed by atoms with Gasteiger partial charge in [-0.05, 0) is 19.1 Å². The van der Waals surface area contributed by atoms with Crippen molar-refractivity contribution in [3.63, 3.8) is 0 Å². The summed E-state index contributed by atoms with van der Waals surface area (Å²) in [6.45, 7) is 2.29. The SMILES string of the molecule is CCNC(=O)c1ccccc1NC(=O)/C=C\C(=O)OC. The first kappa shape index (κ1) is 15.4. The second-order valence-corrected chi connectivity index (χ2v) is 3.75. The van der Waals surface area contributed by atoms with Gasteiger partial charge in [0, 0.05) is 18.7 Å². The largest absolute Gasteiger partial charge is 0.466 e. The Labute approximate surface area is 116 Å². The summed E-state index contributed by atoms with van der Waals surface area (Å²) in [6, 6.07) is 6.60. The minimum absolute atomic E-state index is 0.277. The zero-order valence-electron chi connectivity index (χ0n) is 11.3. The number of methoxy groups -OCH3 is 1. The fraction of sp³-hybridized carbons (Fsp3) is 0.214. The van der Waals surface area contributed by atoms with Gasteiger partial charge in [-0.15, -0.1) is 0 Å².